The van der Waals surface area contributed by atoms with E-state index in [0.717, 1.165) is 4.70 Å². The van der Waals surface area contributed by atoms with E-state index in [1.165, 1.54) is 35.5 Å². The van der Waals surface area contributed by atoms with Gasteiger partial charge in [0.2, 0.25) is 0 Å². The second-order valence-corrected chi connectivity index (χ2v) is 8.83. The van der Waals surface area contributed by atoms with Crippen LogP contribution >= 0.6 is 11.3 Å². The lowest BCUT2D eigenvalue weighted by Gasteiger charge is -2.23. The van der Waals surface area contributed by atoms with E-state index in [1.807, 2.05) is 0 Å². The number of ketones is 1. The molecule has 176 valence electrons. The smallest absolute Gasteiger partial charge is 0.301 e. The Hall–Kier alpha value is -4.37. The van der Waals surface area contributed by atoms with Crippen LogP contribution in [0.2, 0.25) is 0 Å². The molecule has 3 aromatic carbocycles. The van der Waals surface area contributed by atoms with E-state index >= 15 is 0 Å². The molecule has 0 radical (unpaired) electrons. The van der Waals surface area contributed by atoms with Crippen molar-refractivity contribution in [2.24, 2.45) is 0 Å². The molecule has 9 heteroatoms. The van der Waals surface area contributed by atoms with Gasteiger partial charge in [-0.2, -0.15) is 0 Å². The van der Waals surface area contributed by atoms with Crippen LogP contribution in [0, 0.1) is 0 Å². The number of aliphatic hydroxyl groups excluding tert-OH is 1. The Labute approximate surface area is 204 Å². The quantitative estimate of drug-likeness (QED) is 0.239. The van der Waals surface area contributed by atoms with Crippen molar-refractivity contribution in [3.63, 3.8) is 0 Å². The summed E-state index contributed by atoms with van der Waals surface area (Å²) in [7, 11) is 3.06. The van der Waals surface area contributed by atoms with Gasteiger partial charge in [0.05, 0.1) is 36.1 Å². The molecule has 1 aromatic heterocycles. The van der Waals surface area contributed by atoms with Crippen LogP contribution in [0.1, 0.15) is 17.2 Å². The number of rotatable bonds is 5. The number of carbonyl (C=O) groups excluding carboxylic acids is 2. The lowest BCUT2D eigenvalue weighted by atomic mass is 9.95. The number of amides is 1. The molecule has 35 heavy (non-hydrogen) atoms. The minimum Gasteiger partial charge on any atom is -0.508 e. The van der Waals surface area contributed by atoms with E-state index in [4.69, 9.17) is 9.47 Å². The first kappa shape index (κ1) is 22.4. The van der Waals surface area contributed by atoms with Gasteiger partial charge in [0.15, 0.2) is 5.13 Å². The van der Waals surface area contributed by atoms with Gasteiger partial charge in [0.1, 0.15) is 23.0 Å². The average Bonchev–Trinajstić information content (AvgIpc) is 3.41. The summed E-state index contributed by atoms with van der Waals surface area (Å²) < 4.78 is 11.3. The molecule has 4 aromatic rings. The highest BCUT2D eigenvalue weighted by atomic mass is 32.1. The summed E-state index contributed by atoms with van der Waals surface area (Å²) in [5.41, 5.74) is 1.43. The monoisotopic (exact) mass is 488 g/mol. The van der Waals surface area contributed by atoms with Crippen LogP contribution in [0.4, 0.5) is 5.13 Å². The van der Waals surface area contributed by atoms with Gasteiger partial charge in [-0.15, -0.1) is 0 Å². The molecule has 0 aliphatic carbocycles. The maximum absolute atomic E-state index is 13.3. The van der Waals surface area contributed by atoms with E-state index < -0.39 is 17.7 Å². The second-order valence-electron chi connectivity index (χ2n) is 7.82. The Morgan fingerprint density at radius 1 is 0.971 bits per heavy atom. The zero-order valence-corrected chi connectivity index (χ0v) is 19.6. The first-order valence-corrected chi connectivity index (χ1v) is 11.4. The molecule has 0 bridgehead atoms. The van der Waals surface area contributed by atoms with Crippen molar-refractivity contribution < 1.29 is 29.3 Å². The predicted octanol–water partition coefficient (Wildman–Crippen LogP) is 4.65. The third-order valence-corrected chi connectivity index (χ3v) is 6.80. The van der Waals surface area contributed by atoms with Crippen LogP contribution in [-0.4, -0.2) is 41.1 Å². The van der Waals surface area contributed by atoms with Gasteiger partial charge >= 0.3 is 5.91 Å². The van der Waals surface area contributed by atoms with Crippen LogP contribution in [0.25, 0.3) is 16.0 Å². The molecule has 1 fully saturated rings. The Morgan fingerprint density at radius 3 is 2.40 bits per heavy atom. The summed E-state index contributed by atoms with van der Waals surface area (Å²) in [6.45, 7) is 0. The lowest BCUT2D eigenvalue weighted by Crippen LogP contribution is -2.29. The van der Waals surface area contributed by atoms with Gasteiger partial charge in [0, 0.05) is 5.56 Å². The zero-order chi connectivity index (χ0) is 24.7. The van der Waals surface area contributed by atoms with Crippen molar-refractivity contribution in [1.82, 2.24) is 4.98 Å². The summed E-state index contributed by atoms with van der Waals surface area (Å²) in [6, 6.07) is 17.1. The first-order chi connectivity index (χ1) is 16.9. The number of aliphatic hydroxyl groups is 1. The number of benzene rings is 3. The molecule has 1 saturated heterocycles. The molecule has 1 aliphatic rings. The zero-order valence-electron chi connectivity index (χ0n) is 18.8. The van der Waals surface area contributed by atoms with Gasteiger partial charge in [0.25, 0.3) is 5.78 Å². The van der Waals surface area contributed by atoms with Crippen LogP contribution in [0.15, 0.2) is 72.3 Å². The average molecular weight is 489 g/mol. The number of phenols is 1. The molecule has 0 saturated carbocycles. The van der Waals surface area contributed by atoms with Crippen molar-refractivity contribution in [3.8, 4) is 17.2 Å². The molecular weight excluding hydrogens is 468 g/mol. The fraction of sp³-hybridized carbons (Fsp3) is 0.115. The van der Waals surface area contributed by atoms with E-state index in [1.54, 1.807) is 61.7 Å². The molecule has 5 rings (SSSR count). The topological polar surface area (TPSA) is 109 Å². The Bertz CT molecular complexity index is 1490. The number of hydrogen-bond acceptors (Lipinski definition) is 8. The highest BCUT2D eigenvalue weighted by molar-refractivity contribution is 7.22. The number of hydrogen-bond donors (Lipinski definition) is 2. The Morgan fingerprint density at radius 2 is 1.69 bits per heavy atom. The minimum absolute atomic E-state index is 0.0329. The SMILES string of the molecule is COc1cccc(C(O)=C2C(=O)C(=O)N(c3nc4ccc(OC)cc4s3)C2c2ccc(O)cc2)c1. The number of aromatic hydroxyl groups is 1. The molecule has 0 spiro atoms. The summed E-state index contributed by atoms with van der Waals surface area (Å²) in [4.78, 5) is 32.5. The number of methoxy groups -OCH3 is 2. The number of phenolic OH excluding ortho intramolecular Hbond substituents is 1. The molecule has 1 aliphatic heterocycles. The number of Topliss-reactive ketones (excluding diaryl/α,β-unsaturated/α-hetero) is 1. The van der Waals surface area contributed by atoms with Crippen LogP contribution in [-0.2, 0) is 9.59 Å². The number of thiazole rings is 1. The maximum Gasteiger partial charge on any atom is 0.301 e. The van der Waals surface area contributed by atoms with Gasteiger partial charge in [-0.1, -0.05) is 35.6 Å². The molecule has 1 unspecified atom stereocenters. The summed E-state index contributed by atoms with van der Waals surface area (Å²) in [5, 5.41) is 21.3. The normalized spacial score (nSPS) is 17.2. The highest BCUT2D eigenvalue weighted by Gasteiger charge is 2.48. The summed E-state index contributed by atoms with van der Waals surface area (Å²) in [6.07, 6.45) is 0. The molecular formula is C26H20N2O6S. The molecule has 2 N–H and O–H groups in total. The third-order valence-electron chi connectivity index (χ3n) is 5.79. The van der Waals surface area contributed by atoms with E-state index in [2.05, 4.69) is 4.98 Å². The van der Waals surface area contributed by atoms with Crippen molar-refractivity contribution in [3.05, 3.63) is 83.4 Å². The van der Waals surface area contributed by atoms with Crippen molar-refractivity contribution in [1.29, 1.82) is 0 Å². The number of nitrogens with zero attached hydrogens (tertiary/aromatic N) is 2. The predicted molar refractivity (Wildman–Crippen MR) is 132 cm³/mol. The number of anilines is 1. The van der Waals surface area contributed by atoms with Crippen molar-refractivity contribution >= 4 is 44.1 Å². The Balaban J connectivity index is 1.71. The maximum atomic E-state index is 13.3. The molecule has 1 amide bonds. The fourth-order valence-electron chi connectivity index (χ4n) is 4.05. The Kier molecular flexibility index (Phi) is 5.62. The van der Waals surface area contributed by atoms with Crippen molar-refractivity contribution in [2.45, 2.75) is 6.04 Å². The standard InChI is InChI=1S/C26H20N2O6S/c1-33-17-5-3-4-15(12-17)23(30)21-22(14-6-8-16(29)9-7-14)28(25(32)24(21)31)26-27-19-11-10-18(34-2)13-20(19)35-26/h3-13,22,29-30H,1-2H3. The molecule has 8 nitrogen and oxygen atoms in total. The van der Waals surface area contributed by atoms with Gasteiger partial charge in [-0.25, -0.2) is 4.98 Å². The van der Waals surface area contributed by atoms with Gasteiger partial charge in [-0.05, 0) is 48.0 Å². The third kappa shape index (κ3) is 3.85. The molecule has 1 atom stereocenters. The van der Waals surface area contributed by atoms with Crippen LogP contribution < -0.4 is 14.4 Å². The highest BCUT2D eigenvalue weighted by Crippen LogP contribution is 2.45. The van der Waals surface area contributed by atoms with Crippen molar-refractivity contribution in [2.75, 3.05) is 19.1 Å². The number of ether oxygens (including phenoxy) is 2. The number of fused-ring (bicyclic) bond motifs is 1. The lowest BCUT2D eigenvalue weighted by molar-refractivity contribution is -0.132. The van der Waals surface area contributed by atoms with E-state index in [0.29, 0.717) is 33.3 Å². The second kappa shape index (κ2) is 8.77. The van der Waals surface area contributed by atoms with Gasteiger partial charge in [-0.3, -0.25) is 14.5 Å². The minimum atomic E-state index is -0.954. The summed E-state index contributed by atoms with van der Waals surface area (Å²) in [5.74, 6) is -0.803. The first-order valence-electron chi connectivity index (χ1n) is 10.6. The van der Waals surface area contributed by atoms with Crippen LogP contribution in [0.3, 0.4) is 0 Å². The largest absolute Gasteiger partial charge is 0.508 e. The summed E-state index contributed by atoms with van der Waals surface area (Å²) >= 11 is 1.24. The number of aromatic nitrogens is 1. The number of carbonyl (C=O) groups is 2. The van der Waals surface area contributed by atoms with E-state index in [9.17, 15) is 19.8 Å². The van der Waals surface area contributed by atoms with Crippen LogP contribution in [0.5, 0.6) is 17.2 Å². The fourth-order valence-corrected chi connectivity index (χ4v) is 5.07. The molecule has 2 heterocycles. The van der Waals surface area contributed by atoms with Gasteiger partial charge < -0.3 is 19.7 Å². The van der Waals surface area contributed by atoms with E-state index in [-0.39, 0.29) is 17.1 Å².